The topological polar surface area (TPSA) is 79.2 Å². The van der Waals surface area contributed by atoms with E-state index in [-0.39, 0.29) is 5.91 Å². The lowest BCUT2D eigenvalue weighted by molar-refractivity contribution is -0.130. The summed E-state index contributed by atoms with van der Waals surface area (Å²) in [6, 6.07) is 14.1. The van der Waals surface area contributed by atoms with Gasteiger partial charge in [0.2, 0.25) is 5.91 Å². The van der Waals surface area contributed by atoms with Gasteiger partial charge in [-0.15, -0.1) is 0 Å². The highest BCUT2D eigenvalue weighted by molar-refractivity contribution is 5.89. The van der Waals surface area contributed by atoms with E-state index in [1.165, 1.54) is 0 Å². The number of amides is 1. The lowest BCUT2D eigenvalue weighted by Crippen LogP contribution is -2.49. The van der Waals surface area contributed by atoms with Crippen LogP contribution in [0.1, 0.15) is 17.0 Å². The first kappa shape index (κ1) is 21.9. The van der Waals surface area contributed by atoms with E-state index in [0.29, 0.717) is 25.3 Å². The lowest BCUT2D eigenvalue weighted by atomic mass is 10.1. The van der Waals surface area contributed by atoms with Gasteiger partial charge in [-0.2, -0.15) is 0 Å². The van der Waals surface area contributed by atoms with Crippen LogP contribution in [0.5, 0.6) is 0 Å². The molecule has 1 aliphatic heterocycles. The first-order valence-electron chi connectivity index (χ1n) is 11.6. The Kier molecular flexibility index (Phi) is 5.88. The van der Waals surface area contributed by atoms with Crippen LogP contribution in [-0.4, -0.2) is 56.5 Å². The maximum Gasteiger partial charge on any atom is 0.227 e. The summed E-state index contributed by atoms with van der Waals surface area (Å²) in [6.45, 7) is 6.75. The highest BCUT2D eigenvalue weighted by atomic mass is 16.2. The number of rotatable bonds is 5. The number of anilines is 3. The van der Waals surface area contributed by atoms with Gasteiger partial charge >= 0.3 is 0 Å². The van der Waals surface area contributed by atoms with Crippen LogP contribution < -0.4 is 10.2 Å². The summed E-state index contributed by atoms with van der Waals surface area (Å²) in [7, 11) is 2.02. The molecule has 34 heavy (non-hydrogen) atoms. The largest absolute Gasteiger partial charge is 0.353 e. The van der Waals surface area contributed by atoms with Crippen LogP contribution in [0, 0.1) is 13.8 Å². The Morgan fingerprint density at radius 2 is 1.79 bits per heavy atom. The van der Waals surface area contributed by atoms with Crippen LogP contribution >= 0.6 is 0 Å². The van der Waals surface area contributed by atoms with Gasteiger partial charge in [-0.05, 0) is 43.2 Å². The minimum atomic E-state index is 0.169. The van der Waals surface area contributed by atoms with E-state index >= 15 is 0 Å². The highest BCUT2D eigenvalue weighted by Gasteiger charge is 2.23. The summed E-state index contributed by atoms with van der Waals surface area (Å²) in [5, 5.41) is 4.43. The third kappa shape index (κ3) is 4.57. The minimum absolute atomic E-state index is 0.169. The van der Waals surface area contributed by atoms with Crippen molar-refractivity contribution in [3.05, 3.63) is 71.8 Å². The second-order valence-electron chi connectivity index (χ2n) is 8.83. The van der Waals surface area contributed by atoms with Crippen molar-refractivity contribution in [2.45, 2.75) is 20.3 Å². The number of para-hydroxylation sites is 1. The van der Waals surface area contributed by atoms with Crippen LogP contribution in [0.3, 0.4) is 0 Å². The molecule has 1 N–H and O–H groups in total. The standard InChI is InChI=1S/C26H29N7O/c1-18-8-9-27-23(14-18)30-24-16-25(29-19(2)28-24)32-10-12-33(13-11-32)26(34)15-20-17-31(3)22-7-5-4-6-21(20)22/h4-9,14,16-17H,10-13,15H2,1-3H3,(H,27,28,29,30). The second kappa shape index (κ2) is 9.13. The third-order valence-electron chi connectivity index (χ3n) is 6.27. The number of carbonyl (C=O) groups excluding carboxylic acids is 1. The van der Waals surface area contributed by atoms with Gasteiger partial charge in [0.1, 0.15) is 23.3 Å². The predicted molar refractivity (Wildman–Crippen MR) is 134 cm³/mol. The molecule has 8 nitrogen and oxygen atoms in total. The number of nitrogens with zero attached hydrogens (tertiary/aromatic N) is 6. The SMILES string of the molecule is Cc1ccnc(Nc2cc(N3CCN(C(=O)Cc4cn(C)c5ccccc45)CC3)nc(C)n2)c1. The van der Waals surface area contributed by atoms with Crippen molar-refractivity contribution < 1.29 is 4.79 Å². The van der Waals surface area contributed by atoms with E-state index in [2.05, 4.69) is 48.1 Å². The maximum atomic E-state index is 13.1. The lowest BCUT2D eigenvalue weighted by Gasteiger charge is -2.35. The smallest absolute Gasteiger partial charge is 0.227 e. The summed E-state index contributed by atoms with van der Waals surface area (Å²) in [5.74, 6) is 3.21. The van der Waals surface area contributed by atoms with E-state index in [0.717, 1.165) is 52.6 Å². The summed E-state index contributed by atoms with van der Waals surface area (Å²) in [4.78, 5) is 30.7. The van der Waals surface area contributed by atoms with E-state index in [1.807, 2.05) is 56.1 Å². The number of aromatic nitrogens is 4. The fourth-order valence-corrected chi connectivity index (χ4v) is 4.54. The third-order valence-corrected chi connectivity index (χ3v) is 6.27. The number of piperazine rings is 1. The Balaban J connectivity index is 1.24. The number of fused-ring (bicyclic) bond motifs is 1. The van der Waals surface area contributed by atoms with Gasteiger partial charge in [0.25, 0.3) is 0 Å². The molecule has 0 atom stereocenters. The molecule has 0 radical (unpaired) electrons. The molecule has 4 aromatic rings. The molecule has 1 saturated heterocycles. The molecular formula is C26H29N7O. The first-order chi connectivity index (χ1) is 16.5. The Morgan fingerprint density at radius 1 is 1.00 bits per heavy atom. The van der Waals surface area contributed by atoms with E-state index in [4.69, 9.17) is 0 Å². The van der Waals surface area contributed by atoms with Crippen LogP contribution in [-0.2, 0) is 18.3 Å². The summed E-state index contributed by atoms with van der Waals surface area (Å²) in [5.41, 5.74) is 3.37. The average Bonchev–Trinajstić information content (AvgIpc) is 3.14. The molecular weight excluding hydrogens is 426 g/mol. The van der Waals surface area contributed by atoms with Gasteiger partial charge in [0.15, 0.2) is 0 Å². The molecule has 3 aromatic heterocycles. The number of pyridine rings is 1. The molecule has 8 heteroatoms. The Hall–Kier alpha value is -3.94. The molecule has 5 rings (SSSR count). The summed E-state index contributed by atoms with van der Waals surface area (Å²) < 4.78 is 2.09. The monoisotopic (exact) mass is 455 g/mol. The molecule has 0 aliphatic carbocycles. The van der Waals surface area contributed by atoms with E-state index in [1.54, 1.807) is 6.20 Å². The zero-order valence-electron chi connectivity index (χ0n) is 19.8. The van der Waals surface area contributed by atoms with Crippen LogP contribution in [0.15, 0.2) is 54.9 Å². The zero-order chi connectivity index (χ0) is 23.7. The van der Waals surface area contributed by atoms with Crippen molar-refractivity contribution in [2.24, 2.45) is 7.05 Å². The molecule has 1 aromatic carbocycles. The Morgan fingerprint density at radius 3 is 2.59 bits per heavy atom. The number of benzene rings is 1. The fourth-order valence-electron chi connectivity index (χ4n) is 4.54. The normalized spacial score (nSPS) is 14.0. The van der Waals surface area contributed by atoms with Gasteiger partial charge in [-0.1, -0.05) is 18.2 Å². The molecule has 0 bridgehead atoms. The van der Waals surface area contributed by atoms with Crippen molar-refractivity contribution >= 4 is 34.3 Å². The number of hydrogen-bond donors (Lipinski definition) is 1. The van der Waals surface area contributed by atoms with Crippen LogP contribution in [0.2, 0.25) is 0 Å². The maximum absolute atomic E-state index is 13.1. The van der Waals surface area contributed by atoms with Gasteiger partial charge in [-0.25, -0.2) is 15.0 Å². The summed E-state index contributed by atoms with van der Waals surface area (Å²) in [6.07, 6.45) is 4.27. The van der Waals surface area contributed by atoms with E-state index < -0.39 is 0 Å². The molecule has 4 heterocycles. The number of nitrogens with one attached hydrogen (secondary N) is 1. The molecule has 0 spiro atoms. The molecule has 1 fully saturated rings. The van der Waals surface area contributed by atoms with Crippen molar-refractivity contribution in [1.82, 2.24) is 24.4 Å². The second-order valence-corrected chi connectivity index (χ2v) is 8.83. The van der Waals surface area contributed by atoms with Crippen molar-refractivity contribution in [3.63, 3.8) is 0 Å². The quantitative estimate of drug-likeness (QED) is 0.495. The highest BCUT2D eigenvalue weighted by Crippen LogP contribution is 2.23. The molecule has 0 saturated carbocycles. The predicted octanol–water partition coefficient (Wildman–Crippen LogP) is 3.62. The van der Waals surface area contributed by atoms with Gasteiger partial charge in [0, 0.05) is 62.6 Å². The molecule has 174 valence electrons. The number of carbonyl (C=O) groups is 1. The van der Waals surface area contributed by atoms with Crippen molar-refractivity contribution in [1.29, 1.82) is 0 Å². The van der Waals surface area contributed by atoms with Gasteiger partial charge in [-0.3, -0.25) is 4.79 Å². The number of hydrogen-bond acceptors (Lipinski definition) is 6. The Labute approximate surface area is 199 Å². The zero-order valence-corrected chi connectivity index (χ0v) is 19.8. The van der Waals surface area contributed by atoms with Gasteiger partial charge in [0.05, 0.1) is 6.42 Å². The minimum Gasteiger partial charge on any atom is -0.353 e. The average molecular weight is 456 g/mol. The van der Waals surface area contributed by atoms with Gasteiger partial charge < -0.3 is 19.7 Å². The van der Waals surface area contributed by atoms with Crippen molar-refractivity contribution in [2.75, 3.05) is 36.4 Å². The van der Waals surface area contributed by atoms with Crippen LogP contribution in [0.25, 0.3) is 10.9 Å². The first-order valence-corrected chi connectivity index (χ1v) is 11.6. The molecule has 1 aliphatic rings. The van der Waals surface area contributed by atoms with Crippen LogP contribution in [0.4, 0.5) is 17.5 Å². The molecule has 0 unspecified atom stereocenters. The summed E-state index contributed by atoms with van der Waals surface area (Å²) >= 11 is 0. The number of aryl methyl sites for hydroxylation is 3. The van der Waals surface area contributed by atoms with Crippen molar-refractivity contribution in [3.8, 4) is 0 Å². The Bertz CT molecular complexity index is 1340. The fraction of sp³-hybridized carbons (Fsp3) is 0.308. The van der Waals surface area contributed by atoms with E-state index in [9.17, 15) is 4.79 Å². The molecule has 1 amide bonds.